The lowest BCUT2D eigenvalue weighted by atomic mass is 9.81. The predicted octanol–water partition coefficient (Wildman–Crippen LogP) is 1.92. The predicted molar refractivity (Wildman–Crippen MR) is 66.5 cm³/mol. The van der Waals surface area contributed by atoms with E-state index in [1.54, 1.807) is 0 Å². The molecule has 0 amide bonds. The SMILES string of the molecule is NCC1CCC(c2nncn2CC2CC2)CC1. The van der Waals surface area contributed by atoms with Crippen LogP contribution in [0.2, 0.25) is 0 Å². The minimum Gasteiger partial charge on any atom is -0.330 e. The molecule has 1 aromatic rings. The molecule has 1 heterocycles. The van der Waals surface area contributed by atoms with Crippen molar-refractivity contribution in [3.8, 4) is 0 Å². The molecule has 2 saturated carbocycles. The van der Waals surface area contributed by atoms with Crippen LogP contribution in [0.5, 0.6) is 0 Å². The lowest BCUT2D eigenvalue weighted by Crippen LogP contribution is -2.22. The van der Waals surface area contributed by atoms with Gasteiger partial charge in [0.05, 0.1) is 0 Å². The van der Waals surface area contributed by atoms with Crippen molar-refractivity contribution in [2.45, 2.75) is 51.0 Å². The maximum absolute atomic E-state index is 5.74. The second kappa shape index (κ2) is 4.77. The van der Waals surface area contributed by atoms with Crippen molar-refractivity contribution >= 4 is 0 Å². The van der Waals surface area contributed by atoms with Gasteiger partial charge in [-0.25, -0.2) is 0 Å². The van der Waals surface area contributed by atoms with Crippen LogP contribution in [0.25, 0.3) is 0 Å². The first-order valence-corrected chi connectivity index (χ1v) is 6.94. The Morgan fingerprint density at radius 1 is 1.12 bits per heavy atom. The van der Waals surface area contributed by atoms with E-state index in [0.29, 0.717) is 5.92 Å². The average molecular weight is 234 g/mol. The van der Waals surface area contributed by atoms with Crippen molar-refractivity contribution in [2.24, 2.45) is 17.6 Å². The summed E-state index contributed by atoms with van der Waals surface area (Å²) in [5.41, 5.74) is 5.74. The number of aromatic nitrogens is 3. The van der Waals surface area contributed by atoms with Gasteiger partial charge in [0, 0.05) is 12.5 Å². The molecule has 0 atom stereocenters. The molecule has 0 saturated heterocycles. The molecule has 0 unspecified atom stereocenters. The van der Waals surface area contributed by atoms with E-state index in [9.17, 15) is 0 Å². The van der Waals surface area contributed by atoms with Crippen LogP contribution in [0.1, 0.15) is 50.3 Å². The maximum Gasteiger partial charge on any atom is 0.135 e. The summed E-state index contributed by atoms with van der Waals surface area (Å²) in [6, 6.07) is 0. The summed E-state index contributed by atoms with van der Waals surface area (Å²) in [7, 11) is 0. The largest absolute Gasteiger partial charge is 0.330 e. The molecule has 3 rings (SSSR count). The van der Waals surface area contributed by atoms with E-state index in [2.05, 4.69) is 14.8 Å². The summed E-state index contributed by atoms with van der Waals surface area (Å²) >= 11 is 0. The van der Waals surface area contributed by atoms with E-state index in [1.165, 1.54) is 44.3 Å². The third-order valence-corrected chi connectivity index (χ3v) is 4.34. The Bertz CT molecular complexity index is 361. The van der Waals surface area contributed by atoms with Crippen LogP contribution in [-0.2, 0) is 6.54 Å². The summed E-state index contributed by atoms with van der Waals surface area (Å²) in [4.78, 5) is 0. The molecule has 0 bridgehead atoms. The molecular formula is C13H22N4. The van der Waals surface area contributed by atoms with Crippen LogP contribution < -0.4 is 5.73 Å². The van der Waals surface area contributed by atoms with Gasteiger partial charge in [-0.05, 0) is 56.9 Å². The molecule has 94 valence electrons. The standard InChI is InChI=1S/C13H22N4/c14-7-10-3-5-12(6-4-10)13-16-15-9-17(13)8-11-1-2-11/h9-12H,1-8,14H2. The molecule has 0 aliphatic heterocycles. The molecule has 0 spiro atoms. The smallest absolute Gasteiger partial charge is 0.135 e. The number of hydrogen-bond acceptors (Lipinski definition) is 3. The fourth-order valence-corrected chi connectivity index (χ4v) is 2.96. The van der Waals surface area contributed by atoms with Crippen LogP contribution in [0.15, 0.2) is 6.33 Å². The molecule has 1 aromatic heterocycles. The van der Waals surface area contributed by atoms with Crippen LogP contribution >= 0.6 is 0 Å². The Balaban J connectivity index is 1.65. The fourth-order valence-electron chi connectivity index (χ4n) is 2.96. The van der Waals surface area contributed by atoms with Crippen LogP contribution in [0.3, 0.4) is 0 Å². The van der Waals surface area contributed by atoms with Crippen molar-refractivity contribution in [2.75, 3.05) is 6.54 Å². The van der Waals surface area contributed by atoms with E-state index in [0.717, 1.165) is 24.9 Å². The minimum absolute atomic E-state index is 0.624. The molecule has 0 radical (unpaired) electrons. The number of nitrogens with zero attached hydrogens (tertiary/aromatic N) is 3. The van der Waals surface area contributed by atoms with Gasteiger partial charge in [-0.3, -0.25) is 0 Å². The van der Waals surface area contributed by atoms with Gasteiger partial charge in [0.2, 0.25) is 0 Å². The molecule has 2 aliphatic rings. The number of rotatable bonds is 4. The summed E-state index contributed by atoms with van der Waals surface area (Å²) in [5.74, 6) is 3.49. The van der Waals surface area contributed by atoms with Gasteiger partial charge >= 0.3 is 0 Å². The lowest BCUT2D eigenvalue weighted by Gasteiger charge is -2.27. The molecule has 17 heavy (non-hydrogen) atoms. The van der Waals surface area contributed by atoms with Gasteiger partial charge in [-0.15, -0.1) is 10.2 Å². The highest BCUT2D eigenvalue weighted by Crippen LogP contribution is 2.36. The van der Waals surface area contributed by atoms with Gasteiger partial charge in [0.1, 0.15) is 12.2 Å². The van der Waals surface area contributed by atoms with Crippen LogP contribution in [0.4, 0.5) is 0 Å². The zero-order chi connectivity index (χ0) is 11.7. The van der Waals surface area contributed by atoms with Gasteiger partial charge < -0.3 is 10.3 Å². The molecule has 4 heteroatoms. The van der Waals surface area contributed by atoms with Gasteiger partial charge in [-0.2, -0.15) is 0 Å². The van der Waals surface area contributed by atoms with Crippen molar-refractivity contribution in [3.05, 3.63) is 12.2 Å². The highest BCUT2D eigenvalue weighted by molar-refractivity contribution is 4.99. The van der Waals surface area contributed by atoms with E-state index < -0.39 is 0 Å². The molecule has 4 nitrogen and oxygen atoms in total. The zero-order valence-corrected chi connectivity index (χ0v) is 10.4. The van der Waals surface area contributed by atoms with Gasteiger partial charge in [0.25, 0.3) is 0 Å². The number of nitrogens with two attached hydrogens (primary N) is 1. The first-order valence-electron chi connectivity index (χ1n) is 6.94. The Morgan fingerprint density at radius 2 is 1.82 bits per heavy atom. The first-order chi connectivity index (χ1) is 8.36. The van der Waals surface area contributed by atoms with Crippen LogP contribution in [-0.4, -0.2) is 21.3 Å². The quantitative estimate of drug-likeness (QED) is 0.866. The molecule has 0 aromatic carbocycles. The minimum atomic E-state index is 0.624. The van der Waals surface area contributed by atoms with Gasteiger partial charge in [0.15, 0.2) is 0 Å². The topological polar surface area (TPSA) is 56.7 Å². The Hall–Kier alpha value is -0.900. The summed E-state index contributed by atoms with van der Waals surface area (Å²) < 4.78 is 2.30. The highest BCUT2D eigenvalue weighted by Gasteiger charge is 2.27. The Kier molecular flexibility index (Phi) is 3.14. The maximum atomic E-state index is 5.74. The summed E-state index contributed by atoms with van der Waals surface area (Å²) in [6.45, 7) is 1.99. The third kappa shape index (κ3) is 2.51. The van der Waals surface area contributed by atoms with E-state index >= 15 is 0 Å². The monoisotopic (exact) mass is 234 g/mol. The third-order valence-electron chi connectivity index (χ3n) is 4.34. The van der Waals surface area contributed by atoms with Crippen molar-refractivity contribution in [1.29, 1.82) is 0 Å². The van der Waals surface area contributed by atoms with Crippen molar-refractivity contribution in [1.82, 2.24) is 14.8 Å². The van der Waals surface area contributed by atoms with Crippen molar-refractivity contribution in [3.63, 3.8) is 0 Å². The normalized spacial score (nSPS) is 29.5. The summed E-state index contributed by atoms with van der Waals surface area (Å²) in [6.07, 6.45) is 9.70. The Morgan fingerprint density at radius 3 is 2.47 bits per heavy atom. The van der Waals surface area contributed by atoms with Crippen LogP contribution in [0, 0.1) is 11.8 Å². The first kappa shape index (κ1) is 11.2. The second-order valence-corrected chi connectivity index (χ2v) is 5.74. The average Bonchev–Trinajstić information content (AvgIpc) is 3.06. The zero-order valence-electron chi connectivity index (χ0n) is 10.4. The highest BCUT2D eigenvalue weighted by atomic mass is 15.3. The van der Waals surface area contributed by atoms with Crippen molar-refractivity contribution < 1.29 is 0 Å². The molecule has 2 aliphatic carbocycles. The van der Waals surface area contributed by atoms with Gasteiger partial charge in [-0.1, -0.05) is 0 Å². The number of hydrogen-bond donors (Lipinski definition) is 1. The fraction of sp³-hybridized carbons (Fsp3) is 0.846. The van der Waals surface area contributed by atoms with E-state index in [1.807, 2.05) is 6.33 Å². The molecule has 2 N–H and O–H groups in total. The lowest BCUT2D eigenvalue weighted by molar-refractivity contribution is 0.319. The second-order valence-electron chi connectivity index (χ2n) is 5.74. The van der Waals surface area contributed by atoms with E-state index in [4.69, 9.17) is 5.73 Å². The molecule has 2 fully saturated rings. The summed E-state index contributed by atoms with van der Waals surface area (Å²) in [5, 5.41) is 8.46. The molecular weight excluding hydrogens is 212 g/mol. The van der Waals surface area contributed by atoms with E-state index in [-0.39, 0.29) is 0 Å². The Labute approximate surface area is 103 Å².